The highest BCUT2D eigenvalue weighted by molar-refractivity contribution is 5.93. The summed E-state index contributed by atoms with van der Waals surface area (Å²) < 4.78 is 2.19. The molecule has 0 aliphatic heterocycles. The standard InChI is InChI=1S/C18H17NO2/c1-12-14-5-3-4-6-16(14)19(2)17-9-7-13(11-15(12)17)8-10-18(20)21/h3-7,9,11H,8,10H2,1-2H3/p+1. The van der Waals surface area contributed by atoms with Crippen molar-refractivity contribution in [2.75, 3.05) is 0 Å². The third-order valence-electron chi connectivity index (χ3n) is 4.12. The summed E-state index contributed by atoms with van der Waals surface area (Å²) in [6.45, 7) is 2.13. The molecular formula is C18H18NO2+. The number of fused-ring (bicyclic) bond motifs is 2. The van der Waals surface area contributed by atoms with Crippen molar-refractivity contribution >= 4 is 27.8 Å². The van der Waals surface area contributed by atoms with E-state index in [0.29, 0.717) is 6.42 Å². The fourth-order valence-electron chi connectivity index (χ4n) is 2.94. The second kappa shape index (κ2) is 5.17. The third-order valence-corrected chi connectivity index (χ3v) is 4.12. The van der Waals surface area contributed by atoms with Crippen LogP contribution in [-0.2, 0) is 18.3 Å². The van der Waals surface area contributed by atoms with E-state index in [4.69, 9.17) is 5.11 Å². The van der Waals surface area contributed by atoms with Crippen molar-refractivity contribution < 1.29 is 14.5 Å². The maximum atomic E-state index is 10.7. The Morgan fingerprint density at radius 3 is 2.57 bits per heavy atom. The van der Waals surface area contributed by atoms with Gasteiger partial charge in [-0.05, 0) is 36.6 Å². The van der Waals surface area contributed by atoms with E-state index in [2.05, 4.69) is 54.9 Å². The highest BCUT2D eigenvalue weighted by Gasteiger charge is 2.15. The Balaban J connectivity index is 2.23. The molecule has 3 rings (SSSR count). The Kier molecular flexibility index (Phi) is 3.34. The molecule has 1 aromatic heterocycles. The molecule has 1 N–H and O–H groups in total. The van der Waals surface area contributed by atoms with Crippen LogP contribution >= 0.6 is 0 Å². The average Bonchev–Trinajstić information content (AvgIpc) is 2.50. The molecule has 0 bridgehead atoms. The van der Waals surface area contributed by atoms with E-state index in [0.717, 1.165) is 5.56 Å². The van der Waals surface area contributed by atoms with Gasteiger partial charge in [-0.25, -0.2) is 0 Å². The molecule has 3 heteroatoms. The van der Waals surface area contributed by atoms with Crippen LogP contribution in [0, 0.1) is 6.92 Å². The zero-order valence-electron chi connectivity index (χ0n) is 12.3. The number of benzene rings is 2. The number of carboxylic acid groups (broad SMARTS) is 1. The molecule has 21 heavy (non-hydrogen) atoms. The molecule has 0 fully saturated rings. The van der Waals surface area contributed by atoms with Gasteiger partial charge in [0.25, 0.3) is 0 Å². The molecule has 0 saturated heterocycles. The summed E-state index contributed by atoms with van der Waals surface area (Å²) in [7, 11) is 2.07. The normalized spacial score (nSPS) is 11.1. The molecular weight excluding hydrogens is 262 g/mol. The SMILES string of the molecule is Cc1c2ccccc2[n+](C)c2ccc(CCC(=O)O)cc12. The van der Waals surface area contributed by atoms with Crippen LogP contribution in [-0.4, -0.2) is 11.1 Å². The van der Waals surface area contributed by atoms with Gasteiger partial charge in [0.1, 0.15) is 7.05 Å². The third kappa shape index (κ3) is 2.35. The molecule has 0 saturated carbocycles. The summed E-state index contributed by atoms with van der Waals surface area (Å²) in [6.07, 6.45) is 0.742. The summed E-state index contributed by atoms with van der Waals surface area (Å²) in [5.41, 5.74) is 4.70. The highest BCUT2D eigenvalue weighted by atomic mass is 16.4. The lowest BCUT2D eigenvalue weighted by molar-refractivity contribution is -0.617. The maximum Gasteiger partial charge on any atom is 0.303 e. The van der Waals surface area contributed by atoms with E-state index in [-0.39, 0.29) is 6.42 Å². The maximum absolute atomic E-state index is 10.7. The summed E-state index contributed by atoms with van der Waals surface area (Å²) in [6, 6.07) is 14.6. The molecule has 3 aromatic rings. The number of pyridine rings is 1. The molecule has 3 nitrogen and oxygen atoms in total. The number of aliphatic carboxylic acids is 1. The van der Waals surface area contributed by atoms with E-state index >= 15 is 0 Å². The number of rotatable bonds is 3. The first kappa shape index (κ1) is 13.6. The van der Waals surface area contributed by atoms with Gasteiger partial charge in [-0.1, -0.05) is 18.2 Å². The first-order valence-corrected chi connectivity index (χ1v) is 7.09. The second-order valence-electron chi connectivity index (χ2n) is 5.45. The summed E-state index contributed by atoms with van der Waals surface area (Å²) >= 11 is 0. The minimum Gasteiger partial charge on any atom is -0.481 e. The van der Waals surface area contributed by atoms with Gasteiger partial charge in [0.05, 0.1) is 5.39 Å². The molecule has 0 aliphatic rings. The number of hydrogen-bond donors (Lipinski definition) is 1. The number of carboxylic acids is 1. The first-order chi connectivity index (χ1) is 10.1. The molecule has 0 spiro atoms. The van der Waals surface area contributed by atoms with E-state index < -0.39 is 5.97 Å². The number of nitrogens with zero attached hydrogens (tertiary/aromatic N) is 1. The molecule has 0 amide bonds. The molecule has 1 heterocycles. The van der Waals surface area contributed by atoms with Gasteiger partial charge < -0.3 is 5.11 Å². The van der Waals surface area contributed by atoms with Crippen molar-refractivity contribution in [3.05, 3.63) is 53.6 Å². The summed E-state index contributed by atoms with van der Waals surface area (Å²) in [4.78, 5) is 10.7. The minimum atomic E-state index is -0.754. The molecule has 0 unspecified atom stereocenters. The van der Waals surface area contributed by atoms with Gasteiger partial charge >= 0.3 is 5.97 Å². The highest BCUT2D eigenvalue weighted by Crippen LogP contribution is 2.24. The lowest BCUT2D eigenvalue weighted by Crippen LogP contribution is -2.30. The lowest BCUT2D eigenvalue weighted by atomic mass is 10.00. The molecule has 0 radical (unpaired) electrons. The minimum absolute atomic E-state index is 0.171. The Morgan fingerprint density at radius 2 is 1.81 bits per heavy atom. The predicted octanol–water partition coefficient (Wildman–Crippen LogP) is 3.14. The number of aromatic nitrogens is 1. The lowest BCUT2D eigenvalue weighted by Gasteiger charge is -2.08. The van der Waals surface area contributed by atoms with Crippen LogP contribution in [0.5, 0.6) is 0 Å². The zero-order valence-corrected chi connectivity index (χ0v) is 12.3. The van der Waals surface area contributed by atoms with E-state index in [1.54, 1.807) is 0 Å². The van der Waals surface area contributed by atoms with Crippen molar-refractivity contribution in [3.8, 4) is 0 Å². The van der Waals surface area contributed by atoms with Crippen LogP contribution in [0.2, 0.25) is 0 Å². The fourth-order valence-corrected chi connectivity index (χ4v) is 2.94. The molecule has 0 atom stereocenters. The number of para-hydroxylation sites is 1. The van der Waals surface area contributed by atoms with Gasteiger partial charge in [-0.15, -0.1) is 0 Å². The average molecular weight is 280 g/mol. The van der Waals surface area contributed by atoms with Crippen molar-refractivity contribution in [3.63, 3.8) is 0 Å². The van der Waals surface area contributed by atoms with Crippen LogP contribution in [0.25, 0.3) is 21.8 Å². The van der Waals surface area contributed by atoms with Crippen LogP contribution in [0.3, 0.4) is 0 Å². The van der Waals surface area contributed by atoms with Crippen LogP contribution in [0.15, 0.2) is 42.5 Å². The molecule has 2 aromatic carbocycles. The smallest absolute Gasteiger partial charge is 0.303 e. The quantitative estimate of drug-likeness (QED) is 0.591. The number of carbonyl (C=O) groups is 1. The van der Waals surface area contributed by atoms with Gasteiger partial charge in [-0.2, -0.15) is 4.57 Å². The zero-order chi connectivity index (χ0) is 15.0. The fraction of sp³-hybridized carbons (Fsp3) is 0.222. The molecule has 106 valence electrons. The van der Waals surface area contributed by atoms with Crippen LogP contribution < -0.4 is 4.57 Å². The summed E-state index contributed by atoms with van der Waals surface area (Å²) in [5.74, 6) is -0.754. The van der Waals surface area contributed by atoms with Crippen molar-refractivity contribution in [2.45, 2.75) is 19.8 Å². The van der Waals surface area contributed by atoms with Gasteiger partial charge in [0.2, 0.25) is 11.0 Å². The summed E-state index contributed by atoms with van der Waals surface area (Å²) in [5, 5.41) is 11.3. The first-order valence-electron chi connectivity index (χ1n) is 7.09. The van der Waals surface area contributed by atoms with Crippen LogP contribution in [0.1, 0.15) is 17.5 Å². The predicted molar refractivity (Wildman–Crippen MR) is 83.3 cm³/mol. The van der Waals surface area contributed by atoms with Crippen LogP contribution in [0.4, 0.5) is 0 Å². The number of aryl methyl sites for hydroxylation is 3. The van der Waals surface area contributed by atoms with E-state index in [1.165, 1.54) is 27.4 Å². The van der Waals surface area contributed by atoms with Crippen molar-refractivity contribution in [2.24, 2.45) is 7.05 Å². The topological polar surface area (TPSA) is 41.2 Å². The van der Waals surface area contributed by atoms with E-state index in [9.17, 15) is 4.79 Å². The second-order valence-corrected chi connectivity index (χ2v) is 5.45. The Morgan fingerprint density at radius 1 is 1.10 bits per heavy atom. The Labute approximate surface area is 123 Å². The van der Waals surface area contributed by atoms with Gasteiger partial charge in [-0.3, -0.25) is 4.79 Å². The van der Waals surface area contributed by atoms with Gasteiger partial charge in [0, 0.05) is 23.9 Å². The Bertz CT molecular complexity index is 853. The monoisotopic (exact) mass is 280 g/mol. The molecule has 0 aliphatic carbocycles. The number of hydrogen-bond acceptors (Lipinski definition) is 1. The van der Waals surface area contributed by atoms with Crippen molar-refractivity contribution in [1.82, 2.24) is 0 Å². The Hall–Kier alpha value is -2.42. The van der Waals surface area contributed by atoms with Crippen molar-refractivity contribution in [1.29, 1.82) is 0 Å². The van der Waals surface area contributed by atoms with E-state index in [1.807, 2.05) is 6.07 Å². The van der Waals surface area contributed by atoms with Gasteiger partial charge in [0.15, 0.2) is 0 Å². The largest absolute Gasteiger partial charge is 0.481 e.